The van der Waals surface area contributed by atoms with Crippen LogP contribution in [-0.4, -0.2) is 32.8 Å². The first-order valence-electron chi connectivity index (χ1n) is 8.01. The van der Waals surface area contributed by atoms with Crippen molar-refractivity contribution in [2.75, 3.05) is 17.2 Å². The lowest BCUT2D eigenvalue weighted by Gasteiger charge is -2.23. The molecule has 25 heavy (non-hydrogen) atoms. The number of hydrogen-bond donors (Lipinski definition) is 2. The summed E-state index contributed by atoms with van der Waals surface area (Å²) in [7, 11) is 0. The van der Waals surface area contributed by atoms with Gasteiger partial charge in [0, 0.05) is 29.7 Å². The predicted octanol–water partition coefficient (Wildman–Crippen LogP) is 3.92. The van der Waals surface area contributed by atoms with Crippen LogP contribution in [0.2, 0.25) is 5.02 Å². The van der Waals surface area contributed by atoms with Crippen molar-refractivity contribution >= 4 is 34.5 Å². The van der Waals surface area contributed by atoms with Crippen LogP contribution in [0.1, 0.15) is 6.92 Å². The normalized spacial score (nSPS) is 14.2. The lowest BCUT2D eigenvalue weighted by Crippen LogP contribution is -2.33. The predicted molar refractivity (Wildman–Crippen MR) is 101 cm³/mol. The molecule has 4 rings (SSSR count). The Hall–Kier alpha value is -2.86. The van der Waals surface area contributed by atoms with Gasteiger partial charge in [-0.3, -0.25) is 4.99 Å². The molecule has 0 amide bonds. The minimum absolute atomic E-state index is 0.0326. The number of aromatic nitrogens is 3. The van der Waals surface area contributed by atoms with Gasteiger partial charge in [0.1, 0.15) is 5.82 Å². The number of imidazole rings is 1. The number of hydrogen-bond acceptors (Lipinski definition) is 5. The molecule has 126 valence electrons. The lowest BCUT2D eigenvalue weighted by atomic mass is 10.1. The third-order valence-electron chi connectivity index (χ3n) is 4.09. The van der Waals surface area contributed by atoms with Crippen LogP contribution in [0.5, 0.6) is 0 Å². The van der Waals surface area contributed by atoms with Gasteiger partial charge in [-0.05, 0) is 31.2 Å². The molecule has 2 aromatic heterocycles. The number of fused-ring (bicyclic) bond motifs is 1. The Morgan fingerprint density at radius 1 is 1.24 bits per heavy atom. The zero-order valence-corrected chi connectivity index (χ0v) is 14.4. The summed E-state index contributed by atoms with van der Waals surface area (Å²) in [6, 6.07) is 9.64. The van der Waals surface area contributed by atoms with Gasteiger partial charge in [-0.1, -0.05) is 11.6 Å². The molecule has 3 heterocycles. The van der Waals surface area contributed by atoms with Gasteiger partial charge in [0.25, 0.3) is 0 Å². The van der Waals surface area contributed by atoms with Crippen molar-refractivity contribution in [2.45, 2.75) is 13.0 Å². The zero-order valence-electron chi connectivity index (χ0n) is 13.6. The Bertz CT molecular complexity index is 919. The van der Waals surface area contributed by atoms with E-state index >= 15 is 0 Å². The van der Waals surface area contributed by atoms with Gasteiger partial charge in [0.2, 0.25) is 0 Å². The number of halogens is 1. The molecule has 0 unspecified atom stereocenters. The van der Waals surface area contributed by atoms with E-state index in [0.717, 1.165) is 28.6 Å². The first-order chi connectivity index (χ1) is 12.2. The summed E-state index contributed by atoms with van der Waals surface area (Å²) >= 11 is 6.07. The van der Waals surface area contributed by atoms with Crippen molar-refractivity contribution in [3.05, 3.63) is 60.3 Å². The third kappa shape index (κ3) is 3.34. The molecule has 0 fully saturated rings. The molecule has 6 nitrogen and oxygen atoms in total. The van der Waals surface area contributed by atoms with E-state index in [1.165, 1.54) is 0 Å². The van der Waals surface area contributed by atoms with Gasteiger partial charge >= 0.3 is 0 Å². The molecule has 1 aromatic carbocycles. The van der Waals surface area contributed by atoms with E-state index < -0.39 is 0 Å². The molecule has 0 radical (unpaired) electrons. The number of pyridine rings is 1. The Balaban J connectivity index is 1.55. The average Bonchev–Trinajstić information content (AvgIpc) is 3.16. The van der Waals surface area contributed by atoms with Gasteiger partial charge in [-0.2, -0.15) is 0 Å². The molecule has 1 aliphatic heterocycles. The molecule has 0 spiro atoms. The van der Waals surface area contributed by atoms with Crippen LogP contribution < -0.4 is 10.6 Å². The minimum Gasteiger partial charge on any atom is -0.378 e. The maximum atomic E-state index is 6.07. The Morgan fingerprint density at radius 2 is 2.16 bits per heavy atom. The van der Waals surface area contributed by atoms with Crippen LogP contribution >= 0.6 is 11.6 Å². The summed E-state index contributed by atoms with van der Waals surface area (Å²) in [5.74, 6) is 0.790. The molecule has 0 saturated carbocycles. The van der Waals surface area contributed by atoms with Crippen molar-refractivity contribution < 1.29 is 0 Å². The Morgan fingerprint density at radius 3 is 3.00 bits per heavy atom. The minimum atomic E-state index is 0.0326. The van der Waals surface area contributed by atoms with E-state index in [9.17, 15) is 0 Å². The molecule has 3 aromatic rings. The fraction of sp³-hybridized carbons (Fsp3) is 0.167. The van der Waals surface area contributed by atoms with Crippen molar-refractivity contribution in [1.29, 1.82) is 0 Å². The molecule has 1 aliphatic rings. The number of benzene rings is 1. The average molecular weight is 353 g/mol. The quantitative estimate of drug-likeness (QED) is 0.746. The molecule has 0 saturated heterocycles. The van der Waals surface area contributed by atoms with Crippen LogP contribution in [0.4, 0.5) is 17.2 Å². The van der Waals surface area contributed by atoms with E-state index in [1.54, 1.807) is 18.7 Å². The standard InChI is InChI=1S/C18H17ClN6/c1-12(17-10-22-15-3-2-13(19)8-16(15)24-17)23-18-9-14(4-5-21-18)25-7-6-20-11-25/h2-9,11-12,22H,10H2,1H3,(H,21,23)/t12-/m0/s1. The fourth-order valence-electron chi connectivity index (χ4n) is 2.75. The molecule has 2 N–H and O–H groups in total. The zero-order chi connectivity index (χ0) is 17.2. The van der Waals surface area contributed by atoms with E-state index in [0.29, 0.717) is 11.6 Å². The number of nitrogens with one attached hydrogen (secondary N) is 2. The van der Waals surface area contributed by atoms with E-state index in [4.69, 9.17) is 16.6 Å². The number of nitrogens with zero attached hydrogens (tertiary/aromatic N) is 4. The molecule has 0 bridgehead atoms. The van der Waals surface area contributed by atoms with Crippen LogP contribution in [0.15, 0.2) is 60.2 Å². The van der Waals surface area contributed by atoms with Crippen LogP contribution in [-0.2, 0) is 0 Å². The summed E-state index contributed by atoms with van der Waals surface area (Å²) < 4.78 is 1.94. The second kappa shape index (κ2) is 6.57. The van der Waals surface area contributed by atoms with Crippen LogP contribution in [0.25, 0.3) is 5.69 Å². The monoisotopic (exact) mass is 352 g/mol. The molecule has 1 atom stereocenters. The molecule has 7 heteroatoms. The van der Waals surface area contributed by atoms with Gasteiger partial charge in [-0.25, -0.2) is 9.97 Å². The fourth-order valence-corrected chi connectivity index (χ4v) is 2.92. The highest BCUT2D eigenvalue weighted by molar-refractivity contribution is 6.31. The van der Waals surface area contributed by atoms with Gasteiger partial charge in [0.05, 0.1) is 41.7 Å². The van der Waals surface area contributed by atoms with Crippen LogP contribution in [0.3, 0.4) is 0 Å². The Kier molecular flexibility index (Phi) is 4.11. The summed E-state index contributed by atoms with van der Waals surface area (Å²) in [5.41, 5.74) is 3.87. The number of rotatable bonds is 4. The molecular formula is C18H17ClN6. The van der Waals surface area contributed by atoms with Crippen molar-refractivity contribution in [2.24, 2.45) is 4.99 Å². The topological polar surface area (TPSA) is 67.1 Å². The van der Waals surface area contributed by atoms with Crippen molar-refractivity contribution in [1.82, 2.24) is 14.5 Å². The number of anilines is 2. The first kappa shape index (κ1) is 15.7. The van der Waals surface area contributed by atoms with E-state index in [1.807, 2.05) is 41.1 Å². The summed E-state index contributed by atoms with van der Waals surface area (Å²) in [5, 5.41) is 7.47. The summed E-state index contributed by atoms with van der Waals surface area (Å²) in [6.07, 6.45) is 7.19. The highest BCUT2D eigenvalue weighted by atomic mass is 35.5. The van der Waals surface area contributed by atoms with Crippen molar-refractivity contribution in [3.63, 3.8) is 0 Å². The lowest BCUT2D eigenvalue weighted by molar-refractivity contribution is 0.990. The Labute approximate surface area is 150 Å². The largest absolute Gasteiger partial charge is 0.378 e. The summed E-state index contributed by atoms with van der Waals surface area (Å²) in [6.45, 7) is 2.76. The van der Waals surface area contributed by atoms with Gasteiger partial charge < -0.3 is 15.2 Å². The van der Waals surface area contributed by atoms with E-state index in [2.05, 4.69) is 27.5 Å². The highest BCUT2D eigenvalue weighted by Gasteiger charge is 2.17. The third-order valence-corrected chi connectivity index (χ3v) is 4.33. The van der Waals surface area contributed by atoms with E-state index in [-0.39, 0.29) is 6.04 Å². The second-order valence-electron chi connectivity index (χ2n) is 5.85. The second-order valence-corrected chi connectivity index (χ2v) is 6.29. The number of aliphatic imine (C=N–C) groups is 1. The maximum absolute atomic E-state index is 6.07. The molecular weight excluding hydrogens is 336 g/mol. The first-order valence-corrected chi connectivity index (χ1v) is 8.38. The van der Waals surface area contributed by atoms with Gasteiger partial charge in [-0.15, -0.1) is 0 Å². The maximum Gasteiger partial charge on any atom is 0.128 e. The highest BCUT2D eigenvalue weighted by Crippen LogP contribution is 2.31. The molecule has 0 aliphatic carbocycles. The SMILES string of the molecule is C[C@H](Nc1cc(-n2ccnc2)ccn1)C1=Nc2cc(Cl)ccc2NC1. The summed E-state index contributed by atoms with van der Waals surface area (Å²) in [4.78, 5) is 13.2. The van der Waals surface area contributed by atoms with Crippen molar-refractivity contribution in [3.8, 4) is 5.69 Å². The van der Waals surface area contributed by atoms with Crippen LogP contribution in [0, 0.1) is 0 Å². The van der Waals surface area contributed by atoms with Gasteiger partial charge in [0.15, 0.2) is 0 Å². The smallest absolute Gasteiger partial charge is 0.128 e.